The van der Waals surface area contributed by atoms with E-state index in [-0.39, 0.29) is 23.0 Å². The third kappa shape index (κ3) is 7.44. The number of hydrazine groups is 1. The fraction of sp³-hybridized carbons (Fsp3) is 0.190. The number of rotatable bonds is 11. The van der Waals surface area contributed by atoms with E-state index < -0.39 is 15.5 Å². The van der Waals surface area contributed by atoms with E-state index in [2.05, 4.69) is 20.8 Å². The van der Waals surface area contributed by atoms with Gasteiger partial charge in [0.15, 0.2) is 0 Å². The van der Waals surface area contributed by atoms with Gasteiger partial charge in [0.05, 0.1) is 15.9 Å². The van der Waals surface area contributed by atoms with Crippen LogP contribution in [0.3, 0.4) is 0 Å². The number of hydrogen-bond donors (Lipinski definition) is 2. The fourth-order valence-corrected chi connectivity index (χ4v) is 2.51. The van der Waals surface area contributed by atoms with Gasteiger partial charge in [0.2, 0.25) is 0 Å². The van der Waals surface area contributed by atoms with Crippen LogP contribution < -0.4 is 10.9 Å². The van der Waals surface area contributed by atoms with Gasteiger partial charge in [-0.25, -0.2) is 4.99 Å². The first-order chi connectivity index (χ1) is 15.4. The Morgan fingerprint density at radius 1 is 1.19 bits per heavy atom. The highest BCUT2D eigenvalue weighted by Gasteiger charge is 2.18. The molecule has 1 amide bonds. The monoisotopic (exact) mass is 438 g/mol. The summed E-state index contributed by atoms with van der Waals surface area (Å²) in [5.74, 6) is -0.382. The Bertz CT molecular complexity index is 1050. The first-order valence-electron chi connectivity index (χ1n) is 9.72. The Kier molecular flexibility index (Phi) is 9.19. The second kappa shape index (κ2) is 12.3. The SMILES string of the molecule is CCCCC(/C=C\C=Nc1ccc([N+](=O)[O-])cc1[N+](=O)[O-])=C\NNC(=O)c1ccccn1. The van der Waals surface area contributed by atoms with Crippen LogP contribution in [-0.4, -0.2) is 27.0 Å². The maximum atomic E-state index is 12.0. The number of pyridine rings is 1. The predicted molar refractivity (Wildman–Crippen MR) is 119 cm³/mol. The zero-order valence-electron chi connectivity index (χ0n) is 17.3. The summed E-state index contributed by atoms with van der Waals surface area (Å²) in [7, 11) is 0. The lowest BCUT2D eigenvalue weighted by atomic mass is 10.1. The van der Waals surface area contributed by atoms with Gasteiger partial charge in [0.25, 0.3) is 11.6 Å². The van der Waals surface area contributed by atoms with E-state index in [4.69, 9.17) is 0 Å². The summed E-state index contributed by atoms with van der Waals surface area (Å²) in [6.07, 6.45) is 10.5. The number of amides is 1. The minimum atomic E-state index is -0.718. The number of allylic oxidation sites excluding steroid dienone is 3. The summed E-state index contributed by atoms with van der Waals surface area (Å²) in [6.45, 7) is 2.05. The molecule has 1 heterocycles. The minimum absolute atomic E-state index is 0.00471. The van der Waals surface area contributed by atoms with Crippen molar-refractivity contribution in [2.75, 3.05) is 0 Å². The molecule has 32 heavy (non-hydrogen) atoms. The fourth-order valence-electron chi connectivity index (χ4n) is 2.51. The molecule has 11 heteroatoms. The summed E-state index contributed by atoms with van der Waals surface area (Å²) in [5.41, 5.74) is 5.58. The number of non-ortho nitro benzene ring substituents is 1. The van der Waals surface area contributed by atoms with E-state index >= 15 is 0 Å². The zero-order valence-corrected chi connectivity index (χ0v) is 17.3. The van der Waals surface area contributed by atoms with Gasteiger partial charge >= 0.3 is 5.69 Å². The van der Waals surface area contributed by atoms with Crippen molar-refractivity contribution < 1.29 is 14.6 Å². The van der Waals surface area contributed by atoms with Crippen LogP contribution in [-0.2, 0) is 0 Å². The number of nitrogens with one attached hydrogen (secondary N) is 2. The average Bonchev–Trinajstić information content (AvgIpc) is 2.79. The van der Waals surface area contributed by atoms with Gasteiger partial charge in [-0.05, 0) is 42.7 Å². The molecule has 0 spiro atoms. The van der Waals surface area contributed by atoms with Crippen LogP contribution in [0, 0.1) is 20.2 Å². The zero-order chi connectivity index (χ0) is 23.3. The van der Waals surface area contributed by atoms with Crippen LogP contribution in [0.15, 0.2) is 71.5 Å². The van der Waals surface area contributed by atoms with Gasteiger partial charge in [0.1, 0.15) is 11.4 Å². The maximum absolute atomic E-state index is 12.0. The highest BCUT2D eigenvalue weighted by atomic mass is 16.6. The molecular formula is C21H22N6O5. The van der Waals surface area contributed by atoms with Crippen molar-refractivity contribution in [1.29, 1.82) is 0 Å². The molecule has 1 aromatic heterocycles. The lowest BCUT2D eigenvalue weighted by Crippen LogP contribution is -2.34. The molecule has 0 radical (unpaired) electrons. The summed E-state index contributed by atoms with van der Waals surface area (Å²) in [4.78, 5) is 40.5. The Morgan fingerprint density at radius 2 is 2.00 bits per heavy atom. The number of carbonyl (C=O) groups excluding carboxylic acids is 1. The van der Waals surface area contributed by atoms with Crippen LogP contribution in [0.4, 0.5) is 17.1 Å². The molecule has 0 unspecified atom stereocenters. The van der Waals surface area contributed by atoms with Crippen LogP contribution in [0.1, 0.15) is 36.7 Å². The second-order valence-electron chi connectivity index (χ2n) is 6.46. The number of aromatic nitrogens is 1. The number of benzene rings is 1. The van der Waals surface area contributed by atoms with Crippen LogP contribution in [0.2, 0.25) is 0 Å². The van der Waals surface area contributed by atoms with E-state index in [9.17, 15) is 25.0 Å². The van der Waals surface area contributed by atoms with E-state index in [1.165, 1.54) is 18.5 Å². The van der Waals surface area contributed by atoms with Crippen molar-refractivity contribution in [3.8, 4) is 0 Å². The molecule has 0 atom stereocenters. The molecule has 0 saturated carbocycles. The molecule has 0 aliphatic heterocycles. The molecule has 0 aliphatic rings. The quantitative estimate of drug-likeness (QED) is 0.231. The van der Waals surface area contributed by atoms with Crippen molar-refractivity contribution in [2.45, 2.75) is 26.2 Å². The molecule has 2 N–H and O–H groups in total. The normalized spacial score (nSPS) is 11.6. The smallest absolute Gasteiger partial charge is 0.301 e. The van der Waals surface area contributed by atoms with Gasteiger partial charge in [-0.1, -0.05) is 25.5 Å². The summed E-state index contributed by atoms with van der Waals surface area (Å²) >= 11 is 0. The van der Waals surface area contributed by atoms with E-state index in [0.717, 1.165) is 37.0 Å². The Morgan fingerprint density at radius 3 is 2.66 bits per heavy atom. The lowest BCUT2D eigenvalue weighted by molar-refractivity contribution is -0.393. The van der Waals surface area contributed by atoms with Crippen LogP contribution in [0.25, 0.3) is 0 Å². The third-order valence-corrected chi connectivity index (χ3v) is 4.14. The van der Waals surface area contributed by atoms with Gasteiger partial charge in [-0.15, -0.1) is 0 Å². The molecular weight excluding hydrogens is 416 g/mol. The Hall–Kier alpha value is -4.41. The molecule has 2 aromatic rings. The summed E-state index contributed by atoms with van der Waals surface area (Å²) in [6, 6.07) is 8.27. The molecule has 2 rings (SSSR count). The molecule has 0 aliphatic carbocycles. The van der Waals surface area contributed by atoms with Crippen LogP contribution >= 0.6 is 0 Å². The number of nitro benzene ring substituents is 2. The highest BCUT2D eigenvalue weighted by molar-refractivity contribution is 5.91. The predicted octanol–water partition coefficient (Wildman–Crippen LogP) is 4.17. The number of hydrogen-bond acceptors (Lipinski definition) is 8. The summed E-state index contributed by atoms with van der Waals surface area (Å²) in [5, 5.41) is 22.0. The van der Waals surface area contributed by atoms with Gasteiger partial charge in [0, 0.05) is 24.7 Å². The van der Waals surface area contributed by atoms with Crippen molar-refractivity contribution in [1.82, 2.24) is 15.8 Å². The van der Waals surface area contributed by atoms with Crippen LogP contribution in [0.5, 0.6) is 0 Å². The largest absolute Gasteiger partial charge is 0.305 e. The molecule has 166 valence electrons. The number of nitro groups is 2. The van der Waals surface area contributed by atoms with Crippen molar-refractivity contribution in [2.24, 2.45) is 4.99 Å². The van der Waals surface area contributed by atoms with Crippen molar-refractivity contribution in [3.63, 3.8) is 0 Å². The van der Waals surface area contributed by atoms with Crippen molar-refractivity contribution in [3.05, 3.63) is 92.4 Å². The molecule has 0 fully saturated rings. The highest BCUT2D eigenvalue weighted by Crippen LogP contribution is 2.30. The number of unbranched alkanes of at least 4 members (excludes halogenated alkanes) is 1. The standard InChI is InChI=1S/C21H22N6O5/c1-2-3-7-16(15-24-25-21(28)19-9-4-5-12-23-19)8-6-13-22-18-11-10-17(26(29)30)14-20(18)27(31)32/h4-6,8-15,24H,2-3,7H2,1H3,(H,25,28)/b8-6-,16-15+,22-13?. The third-order valence-electron chi connectivity index (χ3n) is 4.14. The lowest BCUT2D eigenvalue weighted by Gasteiger charge is -2.06. The van der Waals surface area contributed by atoms with Gasteiger partial charge in [-0.2, -0.15) is 0 Å². The van der Waals surface area contributed by atoms with Gasteiger partial charge < -0.3 is 5.43 Å². The average molecular weight is 438 g/mol. The summed E-state index contributed by atoms with van der Waals surface area (Å²) < 4.78 is 0. The van der Waals surface area contributed by atoms with E-state index in [1.807, 2.05) is 6.92 Å². The molecule has 0 bridgehead atoms. The first-order valence-corrected chi connectivity index (χ1v) is 9.72. The van der Waals surface area contributed by atoms with E-state index in [0.29, 0.717) is 0 Å². The Balaban J connectivity index is 2.07. The van der Waals surface area contributed by atoms with Crippen molar-refractivity contribution >= 4 is 29.2 Å². The second-order valence-corrected chi connectivity index (χ2v) is 6.46. The first kappa shape index (κ1) is 23.9. The molecule has 11 nitrogen and oxygen atoms in total. The number of nitrogens with zero attached hydrogens (tertiary/aromatic N) is 4. The number of carbonyl (C=O) groups is 1. The minimum Gasteiger partial charge on any atom is -0.305 e. The molecule has 1 aromatic carbocycles. The molecule has 0 saturated heterocycles. The van der Waals surface area contributed by atoms with E-state index in [1.54, 1.807) is 36.6 Å². The topological polar surface area (TPSA) is 153 Å². The Labute approximate surface area is 183 Å². The maximum Gasteiger partial charge on any atom is 0.301 e. The van der Waals surface area contributed by atoms with Gasteiger partial charge in [-0.3, -0.25) is 35.4 Å². The number of aliphatic imine (C=N–C) groups is 1.